The van der Waals surface area contributed by atoms with Crippen LogP contribution in [0.2, 0.25) is 0 Å². The van der Waals surface area contributed by atoms with Crippen molar-refractivity contribution < 1.29 is 51.0 Å². The average Bonchev–Trinajstić information content (AvgIpc) is 3.60. The summed E-state index contributed by atoms with van der Waals surface area (Å²) >= 11 is 0. The molecule has 0 nitrogen and oxygen atoms in total. The molecule has 4 saturated carbocycles. The minimum atomic E-state index is 0. The van der Waals surface area contributed by atoms with E-state index in [1.807, 2.05) is 11.1 Å². The Bertz CT molecular complexity index is 1620. The summed E-state index contributed by atoms with van der Waals surface area (Å²) in [6, 6.07) is 10.6. The van der Waals surface area contributed by atoms with Crippen LogP contribution in [0.5, 0.6) is 0 Å². The third-order valence-corrected chi connectivity index (χ3v) is 14.9. The van der Waals surface area contributed by atoms with Crippen LogP contribution in [0.4, 0.5) is 0 Å². The Hall–Kier alpha value is -0.617. The van der Waals surface area contributed by atoms with Crippen LogP contribution in [0.3, 0.4) is 0 Å². The molecule has 0 N–H and O–H groups in total. The summed E-state index contributed by atoms with van der Waals surface area (Å²) in [5, 5.41) is 0. The minimum Gasteiger partial charge on any atom is -1.00 e. The van der Waals surface area contributed by atoms with Gasteiger partial charge in [0.25, 0.3) is 0 Å². The molecule has 7 aliphatic rings. The number of fused-ring (bicyclic) bond motifs is 3. The largest absolute Gasteiger partial charge is 2.00 e. The average molecular weight is 791 g/mol. The number of hydrogen-bond donors (Lipinski definition) is 0. The summed E-state index contributed by atoms with van der Waals surface area (Å²) in [5.41, 5.74) is 18.7. The molecular weight excluding hydrogens is 727 g/mol. The van der Waals surface area contributed by atoms with E-state index in [-0.39, 0.29) is 67.3 Å². The van der Waals surface area contributed by atoms with E-state index in [9.17, 15) is 0 Å². The van der Waals surface area contributed by atoms with Gasteiger partial charge in [-0.15, -0.1) is 0 Å². The van der Waals surface area contributed by atoms with Gasteiger partial charge < -0.3 is 24.8 Å². The Morgan fingerprint density at radius 1 is 0.660 bits per heavy atom. The fourth-order valence-corrected chi connectivity index (χ4v) is 13.4. The van der Waals surface area contributed by atoms with Crippen molar-refractivity contribution in [3.05, 3.63) is 80.4 Å². The summed E-state index contributed by atoms with van der Waals surface area (Å²) in [6.45, 7) is 29.4. The molecule has 2 aromatic carbocycles. The summed E-state index contributed by atoms with van der Waals surface area (Å²) in [5.74, 6) is 5.35. The number of halogens is 2. The molecule has 4 bridgehead atoms. The molecule has 2 atom stereocenters. The van der Waals surface area contributed by atoms with Gasteiger partial charge in [0, 0.05) is 11.3 Å². The molecule has 2 unspecified atom stereocenters. The first-order valence-electron chi connectivity index (χ1n) is 19.7. The second kappa shape index (κ2) is 13.3. The quantitative estimate of drug-likeness (QED) is 0.308. The third kappa shape index (κ3) is 5.91. The van der Waals surface area contributed by atoms with Crippen molar-refractivity contribution in [1.29, 1.82) is 0 Å². The Kier molecular flexibility index (Phi) is 10.8. The van der Waals surface area contributed by atoms with Crippen LogP contribution >= 0.6 is 0 Å². The van der Waals surface area contributed by atoms with Crippen molar-refractivity contribution in [1.82, 2.24) is 0 Å². The van der Waals surface area contributed by atoms with E-state index in [2.05, 4.69) is 113 Å². The van der Waals surface area contributed by atoms with Crippen molar-refractivity contribution in [2.45, 2.75) is 151 Å². The van der Waals surface area contributed by atoms with Gasteiger partial charge in [-0.3, -0.25) is 0 Å². The molecule has 0 heterocycles. The van der Waals surface area contributed by atoms with Crippen LogP contribution in [0.15, 0.2) is 47.1 Å². The molecule has 7 aliphatic carbocycles. The molecule has 3 heteroatoms. The second-order valence-electron chi connectivity index (χ2n) is 20.7. The number of rotatable bonds is 4. The Morgan fingerprint density at radius 3 is 1.48 bits per heavy atom. The van der Waals surface area contributed by atoms with Gasteiger partial charge in [0.2, 0.25) is 0 Å². The first kappa shape index (κ1) is 40.6. The van der Waals surface area contributed by atoms with E-state index in [4.69, 9.17) is 0 Å². The molecule has 270 valence electrons. The molecule has 0 saturated heterocycles. The summed E-state index contributed by atoms with van der Waals surface area (Å²) in [6.07, 6.45) is 14.6. The summed E-state index contributed by atoms with van der Waals surface area (Å²) in [7, 11) is 0. The van der Waals surface area contributed by atoms with E-state index < -0.39 is 0 Å². The zero-order valence-corrected chi connectivity index (χ0v) is 37.3. The van der Waals surface area contributed by atoms with Gasteiger partial charge in [-0.05, 0) is 167 Å². The molecule has 0 aliphatic heterocycles. The number of allylic oxidation sites excluding steroid dienone is 4. The maximum Gasteiger partial charge on any atom is 2.00 e. The maximum absolute atomic E-state index is 2.91. The van der Waals surface area contributed by atoms with Gasteiger partial charge in [0.1, 0.15) is 0 Å². The number of aryl methyl sites for hydroxylation is 2. The summed E-state index contributed by atoms with van der Waals surface area (Å²) in [4.78, 5) is 0. The van der Waals surface area contributed by atoms with Crippen molar-refractivity contribution in [3.8, 4) is 11.1 Å². The van der Waals surface area contributed by atoms with Gasteiger partial charge in [-0.25, -0.2) is 0 Å². The predicted octanol–water partition coefficient (Wildman–Crippen LogP) is 7.18. The van der Waals surface area contributed by atoms with Crippen molar-refractivity contribution in [2.75, 3.05) is 0 Å². The van der Waals surface area contributed by atoms with Crippen LogP contribution in [-0.2, 0) is 37.0 Å². The minimum absolute atomic E-state index is 0. The Labute approximate surface area is 337 Å². The molecule has 2 aromatic rings. The molecule has 9 rings (SSSR count). The van der Waals surface area contributed by atoms with Gasteiger partial charge >= 0.3 is 26.2 Å². The molecule has 4 fully saturated rings. The predicted molar refractivity (Wildman–Crippen MR) is 201 cm³/mol. The van der Waals surface area contributed by atoms with E-state index in [0.717, 1.165) is 17.8 Å². The molecule has 0 aromatic heterocycles. The number of hydrogen-bond acceptors (Lipinski definition) is 0. The molecular formula is C47H64Cl2Zr. The van der Waals surface area contributed by atoms with Crippen LogP contribution in [0.1, 0.15) is 160 Å². The molecule has 0 amide bonds. The molecule has 50 heavy (non-hydrogen) atoms. The third-order valence-electron chi connectivity index (χ3n) is 14.9. The van der Waals surface area contributed by atoms with Gasteiger partial charge in [-0.2, -0.15) is 0 Å². The van der Waals surface area contributed by atoms with Crippen LogP contribution in [0, 0.1) is 60.2 Å². The van der Waals surface area contributed by atoms with Crippen molar-refractivity contribution >= 4 is 0 Å². The second-order valence-corrected chi connectivity index (χ2v) is 20.7. The number of benzene rings is 2. The van der Waals surface area contributed by atoms with Gasteiger partial charge in [0.15, 0.2) is 0 Å². The zero-order valence-electron chi connectivity index (χ0n) is 33.3. The SMILES string of the molecule is Cc1cc2c(cc1C(C)(C)C)-c1cc(C(C)(C)C)c(C)cc1C2C1(C(C)C)CC(C(C)C)C2=C1C=C(C13CC4CC(CC(C4)C1)C3)C2.[Cl-].[Cl-].[Zr+2]. The van der Waals surface area contributed by atoms with E-state index >= 15 is 0 Å². The first-order chi connectivity index (χ1) is 21.9. The van der Waals surface area contributed by atoms with Crippen molar-refractivity contribution in [3.63, 3.8) is 0 Å². The van der Waals surface area contributed by atoms with Crippen LogP contribution in [-0.4, -0.2) is 0 Å². The van der Waals surface area contributed by atoms with Crippen LogP contribution in [0.25, 0.3) is 11.1 Å². The van der Waals surface area contributed by atoms with Gasteiger partial charge in [-0.1, -0.05) is 111 Å². The van der Waals surface area contributed by atoms with E-state index in [1.165, 1.54) is 84.7 Å². The van der Waals surface area contributed by atoms with Crippen molar-refractivity contribution in [2.24, 2.45) is 46.3 Å². The van der Waals surface area contributed by atoms with E-state index in [0.29, 0.717) is 29.1 Å². The standard InChI is InChI=1S/C47H64.2ClH.Zr/c1-26(2)39-25-47(27(3)4,42-19-33(18-36(39)42)46-22-30-15-31(23-46)17-32(16-30)24-46)43-37-13-28(5)40(44(7,8)9)20-34(37)35-21-41(45(10,11)12)29(6)14-38(35)43;;;/h13-14,19-21,26-27,30-32,39,43H,15-18,22-25H2,1-12H3;2*1H;/q;;;+2/p-2. The Morgan fingerprint density at radius 2 is 1.10 bits per heavy atom. The smallest absolute Gasteiger partial charge is 1.00 e. The first-order valence-corrected chi connectivity index (χ1v) is 19.7. The molecule has 0 radical (unpaired) electrons. The fraction of sp³-hybridized carbons (Fsp3) is 0.660. The van der Waals surface area contributed by atoms with Crippen LogP contribution < -0.4 is 24.8 Å². The zero-order chi connectivity index (χ0) is 33.6. The fourth-order valence-electron chi connectivity index (χ4n) is 13.4. The summed E-state index contributed by atoms with van der Waals surface area (Å²) < 4.78 is 0. The maximum atomic E-state index is 2.91. The molecule has 0 spiro atoms. The topological polar surface area (TPSA) is 0 Å². The van der Waals surface area contributed by atoms with Gasteiger partial charge in [0.05, 0.1) is 0 Å². The normalized spacial score (nSPS) is 31.0. The Balaban J connectivity index is 0.00000162. The monoisotopic (exact) mass is 788 g/mol. The van der Waals surface area contributed by atoms with E-state index in [1.54, 1.807) is 16.7 Å².